The molecule has 30 aliphatic heterocycles. The predicted octanol–water partition coefficient (Wildman–Crippen LogP) is -1.99. The number of hydrogen-bond acceptors (Lipinski definition) is 24. The third kappa shape index (κ3) is 13.7. The minimum atomic E-state index is -1.10. The zero-order chi connectivity index (χ0) is 48.2. The Morgan fingerprint density at radius 2 is 0.609 bits per heavy atom. The molecule has 16 bridgehead atoms. The highest BCUT2D eigenvalue weighted by Gasteiger charge is 2.47. The molecule has 398 valence electrons. The Labute approximate surface area is 400 Å². The van der Waals surface area contributed by atoms with E-state index in [0.717, 1.165) is 0 Å². The molecule has 0 spiro atoms. The van der Waals surface area contributed by atoms with Crippen molar-refractivity contribution in [2.45, 2.75) is 219 Å². The number of aliphatic hydroxyl groups is 7. The number of methoxy groups -OCH3 is 1. The Hall–Kier alpha value is -0.960. The summed E-state index contributed by atoms with van der Waals surface area (Å²) in [6, 6.07) is 0. The highest BCUT2D eigenvalue weighted by molar-refractivity contribution is 4.88. The Morgan fingerprint density at radius 1 is 0.362 bits per heavy atom. The lowest BCUT2D eigenvalue weighted by Crippen LogP contribution is -2.54. The van der Waals surface area contributed by atoms with Crippen molar-refractivity contribution in [1.82, 2.24) is 0 Å². The largest absolute Gasteiger partial charge is 0.393 e. The van der Waals surface area contributed by atoms with Gasteiger partial charge in [-0.2, -0.15) is 0 Å². The van der Waals surface area contributed by atoms with E-state index in [0.29, 0.717) is 25.7 Å². The van der Waals surface area contributed by atoms with E-state index in [9.17, 15) is 35.7 Å². The molecule has 9 unspecified atom stereocenters. The quantitative estimate of drug-likeness (QED) is 0.160. The van der Waals surface area contributed by atoms with Crippen LogP contribution in [0, 0.1) is 5.92 Å². The van der Waals surface area contributed by atoms with Crippen molar-refractivity contribution in [1.29, 1.82) is 0 Å². The van der Waals surface area contributed by atoms with E-state index in [1.54, 1.807) is 0 Å². The van der Waals surface area contributed by atoms with E-state index in [-0.39, 0.29) is 91.4 Å². The lowest BCUT2D eigenvalue weighted by Gasteiger charge is -2.44. The van der Waals surface area contributed by atoms with Crippen LogP contribution in [0.25, 0.3) is 0 Å². The van der Waals surface area contributed by atoms with Crippen LogP contribution in [-0.2, 0) is 80.5 Å². The molecule has 30 heterocycles. The SMILES string of the molecule is CCCC(O)[C@@H]1CC2COC1O[C@@H]1CO[C@H](O[C@@H]3CO[C@H](O[C@@H]4COC(O[C@@H]5CO[C@H](O[C@@H]6CO[C@H](O[C@@H]7CO[C@H](OC8CO[C@H](O2)[C@H](O)C8)[C@H](O)C7)C(O)C6)[C@H](O)C5)C(OC)C4)C(O)C3)C(O)C1. The van der Waals surface area contributed by atoms with E-state index in [1.165, 1.54) is 7.11 Å². The maximum atomic E-state index is 11.2. The van der Waals surface area contributed by atoms with E-state index in [2.05, 4.69) is 0 Å². The van der Waals surface area contributed by atoms with Gasteiger partial charge in [0.1, 0.15) is 42.7 Å². The summed E-state index contributed by atoms with van der Waals surface area (Å²) in [4.78, 5) is 0. The fourth-order valence-corrected chi connectivity index (χ4v) is 10.5. The van der Waals surface area contributed by atoms with Gasteiger partial charge in [0, 0.05) is 58.0 Å². The molecule has 0 aromatic heterocycles. The molecular weight excluding hydrogens is 924 g/mol. The van der Waals surface area contributed by atoms with Crippen LogP contribution in [0.1, 0.15) is 71.1 Å². The summed E-state index contributed by atoms with van der Waals surface area (Å²) in [5.74, 6) is -0.505. The van der Waals surface area contributed by atoms with Crippen LogP contribution in [-0.4, -0.2) is 244 Å². The third-order valence-electron chi connectivity index (χ3n) is 14.2. The topological polar surface area (TPSA) is 299 Å². The van der Waals surface area contributed by atoms with Crippen molar-refractivity contribution < 1.29 is 116 Å². The molecular formula is C45H74O24. The number of hydrogen-bond donors (Lipinski definition) is 7. The third-order valence-corrected chi connectivity index (χ3v) is 14.2. The van der Waals surface area contributed by atoms with Crippen LogP contribution >= 0.6 is 0 Å². The highest BCUT2D eigenvalue weighted by atomic mass is 16.8. The summed E-state index contributed by atoms with van der Waals surface area (Å²) in [6.45, 7) is 2.50. The van der Waals surface area contributed by atoms with Crippen LogP contribution in [0.5, 0.6) is 0 Å². The molecule has 0 radical (unpaired) electrons. The summed E-state index contributed by atoms with van der Waals surface area (Å²) in [5, 5.41) is 77.5. The normalized spacial score (nSPS) is 50.4. The Morgan fingerprint density at radius 3 is 0.899 bits per heavy atom. The summed E-state index contributed by atoms with van der Waals surface area (Å²) in [5.41, 5.74) is 0. The van der Waals surface area contributed by atoms with Crippen molar-refractivity contribution in [3.05, 3.63) is 0 Å². The Balaban J connectivity index is 0.821. The molecule has 69 heavy (non-hydrogen) atoms. The molecule has 30 rings (SSSR count). The van der Waals surface area contributed by atoms with E-state index in [1.807, 2.05) is 6.92 Å². The first-order valence-electron chi connectivity index (χ1n) is 24.8. The van der Waals surface area contributed by atoms with Crippen LogP contribution < -0.4 is 0 Å². The Bertz CT molecular complexity index is 1560. The summed E-state index contributed by atoms with van der Waals surface area (Å²) in [6.07, 6.45) is -17.5. The van der Waals surface area contributed by atoms with Gasteiger partial charge < -0.3 is 116 Å². The first-order chi connectivity index (χ1) is 33.4. The summed E-state index contributed by atoms with van der Waals surface area (Å²) < 4.78 is 102. The van der Waals surface area contributed by atoms with Gasteiger partial charge in [0.2, 0.25) is 0 Å². The minimum Gasteiger partial charge on any atom is -0.393 e. The van der Waals surface area contributed by atoms with Gasteiger partial charge in [-0.15, -0.1) is 0 Å². The van der Waals surface area contributed by atoms with Crippen molar-refractivity contribution in [3.8, 4) is 0 Å². The monoisotopic (exact) mass is 998 g/mol. The molecule has 25 atom stereocenters. The molecule has 7 N–H and O–H groups in total. The fourth-order valence-electron chi connectivity index (χ4n) is 10.5. The average Bonchev–Trinajstić information content (AvgIpc) is 3.32. The van der Waals surface area contributed by atoms with Crippen LogP contribution in [0.3, 0.4) is 0 Å². The molecule has 30 fully saturated rings. The van der Waals surface area contributed by atoms with E-state index < -0.39 is 154 Å². The first kappa shape index (κ1) is 52.9. The van der Waals surface area contributed by atoms with Gasteiger partial charge in [-0.25, -0.2) is 0 Å². The number of aliphatic hydroxyl groups excluding tert-OH is 7. The second kappa shape index (κ2) is 24.6. The second-order valence-corrected chi connectivity index (χ2v) is 19.8. The standard InChI is InChI=1S/C45H74O24/c1-3-4-30(46)29-5-21-13-54-38(29)62-22-6-31(47)40(55-14-22)64-26-10-35(51)44(59-18-26)68-28-12-37(53-2)45(61-20-28)69-27-11-36(52)43(60-19-27)67-25-9-34(50)42(58-17-25)66-24-8-33(49)41(57-16-24)65-23-7-32(48)39(63-21)56-15-23/h21-52H,3-20H2,1-2H3/t21?,22-,23?,24-,25-,26-,27-,28-,29-,30?,31?,32+,33+,34?,35?,36+,37?,38?,39+,40+,41+,42+,43+,44+,45?/m0/s1. The van der Waals surface area contributed by atoms with Gasteiger partial charge in [0.25, 0.3) is 0 Å². The van der Waals surface area contributed by atoms with Gasteiger partial charge >= 0.3 is 0 Å². The van der Waals surface area contributed by atoms with Crippen LogP contribution in [0.4, 0.5) is 0 Å². The van der Waals surface area contributed by atoms with Crippen molar-refractivity contribution >= 4 is 0 Å². The van der Waals surface area contributed by atoms with Crippen molar-refractivity contribution in [2.75, 3.05) is 60.0 Å². The van der Waals surface area contributed by atoms with E-state index in [4.69, 9.17) is 80.5 Å². The van der Waals surface area contributed by atoms with Gasteiger partial charge in [-0.05, 0) is 12.8 Å². The molecule has 30 aliphatic rings. The molecule has 0 saturated carbocycles. The molecule has 0 aliphatic carbocycles. The molecule has 0 amide bonds. The zero-order valence-corrected chi connectivity index (χ0v) is 39.2. The molecule has 24 heteroatoms. The number of rotatable bonds is 4. The second-order valence-electron chi connectivity index (χ2n) is 19.8. The number of ether oxygens (including phenoxy) is 17. The molecule has 30 saturated heterocycles. The van der Waals surface area contributed by atoms with Crippen molar-refractivity contribution in [2.24, 2.45) is 5.92 Å². The molecule has 0 aromatic rings. The Kier molecular flexibility index (Phi) is 18.8. The lowest BCUT2D eigenvalue weighted by atomic mass is 9.90. The van der Waals surface area contributed by atoms with Crippen LogP contribution in [0.2, 0.25) is 0 Å². The molecule has 24 nitrogen and oxygen atoms in total. The average molecular weight is 999 g/mol. The first-order valence-corrected chi connectivity index (χ1v) is 24.8. The van der Waals surface area contributed by atoms with Gasteiger partial charge in [-0.3, -0.25) is 0 Å². The molecule has 0 aromatic carbocycles. The maximum absolute atomic E-state index is 11.2. The van der Waals surface area contributed by atoms with Gasteiger partial charge in [0.05, 0.1) is 108 Å². The summed E-state index contributed by atoms with van der Waals surface area (Å²) >= 11 is 0. The smallest absolute Gasteiger partial charge is 0.184 e. The van der Waals surface area contributed by atoms with Gasteiger partial charge in [0.15, 0.2) is 50.3 Å². The van der Waals surface area contributed by atoms with Gasteiger partial charge in [-0.1, -0.05) is 13.3 Å². The predicted molar refractivity (Wildman–Crippen MR) is 225 cm³/mol. The fraction of sp³-hybridized carbons (Fsp3) is 1.00. The minimum absolute atomic E-state index is 0.0353. The highest BCUT2D eigenvalue weighted by Crippen LogP contribution is 2.35. The van der Waals surface area contributed by atoms with Crippen LogP contribution in [0.15, 0.2) is 0 Å². The van der Waals surface area contributed by atoms with E-state index >= 15 is 0 Å². The summed E-state index contributed by atoms with van der Waals surface area (Å²) in [7, 11) is 1.53. The zero-order valence-electron chi connectivity index (χ0n) is 39.2. The maximum Gasteiger partial charge on any atom is 0.184 e. The van der Waals surface area contributed by atoms with Crippen molar-refractivity contribution in [3.63, 3.8) is 0 Å². The lowest BCUT2D eigenvalue weighted by molar-refractivity contribution is -0.338.